The number of nitrogens with one attached hydrogen (secondary N) is 2. The van der Waals surface area contributed by atoms with Crippen LogP contribution in [0.3, 0.4) is 0 Å². The molecule has 1 heterocycles. The van der Waals surface area contributed by atoms with Crippen LogP contribution in [0.4, 0.5) is 10.7 Å². The first kappa shape index (κ1) is 22.7. The van der Waals surface area contributed by atoms with Gasteiger partial charge in [0, 0.05) is 21.7 Å². The first-order valence-corrected chi connectivity index (χ1v) is 11.9. The number of hydrogen-bond donors (Lipinski definition) is 2. The van der Waals surface area contributed by atoms with Gasteiger partial charge in [0.15, 0.2) is 5.11 Å². The predicted molar refractivity (Wildman–Crippen MR) is 142 cm³/mol. The first-order valence-electron chi connectivity index (χ1n) is 10.7. The summed E-state index contributed by atoms with van der Waals surface area (Å²) < 4.78 is 5.38. The van der Waals surface area contributed by atoms with Gasteiger partial charge in [-0.05, 0) is 43.3 Å². The summed E-state index contributed by atoms with van der Waals surface area (Å²) in [5.74, 6) is -0.365. The fourth-order valence-electron chi connectivity index (χ4n) is 3.70. The number of aryl methyl sites for hydroxylation is 1. The molecule has 4 rings (SSSR count). The Balaban J connectivity index is 1.65. The summed E-state index contributed by atoms with van der Waals surface area (Å²) in [5, 5.41) is 7.62. The molecular formula is C27H24N2O2S2. The minimum absolute atomic E-state index is 0.300. The Hall–Kier alpha value is -3.48. The number of hydrogen-bond acceptors (Lipinski definition) is 4. The Morgan fingerprint density at radius 3 is 2.15 bits per heavy atom. The maximum atomic E-state index is 12.9. The highest BCUT2D eigenvalue weighted by Crippen LogP contribution is 2.40. The van der Waals surface area contributed by atoms with Gasteiger partial charge in [-0.15, -0.1) is 11.3 Å². The lowest BCUT2D eigenvalue weighted by molar-refractivity contribution is 0.0529. The van der Waals surface area contributed by atoms with Gasteiger partial charge in [0.2, 0.25) is 0 Å². The third-order valence-corrected chi connectivity index (χ3v) is 6.34. The van der Waals surface area contributed by atoms with Gasteiger partial charge in [-0.25, -0.2) is 4.79 Å². The number of ether oxygens (including phenoxy) is 1. The molecule has 0 saturated heterocycles. The van der Waals surface area contributed by atoms with Crippen LogP contribution in [0.2, 0.25) is 0 Å². The highest BCUT2D eigenvalue weighted by Gasteiger charge is 2.25. The van der Waals surface area contributed by atoms with Crippen molar-refractivity contribution in [2.45, 2.75) is 13.8 Å². The number of thiophene rings is 1. The van der Waals surface area contributed by atoms with Crippen LogP contribution in [0.1, 0.15) is 22.2 Å². The van der Waals surface area contributed by atoms with Gasteiger partial charge in [-0.2, -0.15) is 0 Å². The van der Waals surface area contributed by atoms with E-state index in [0.717, 1.165) is 32.8 Å². The van der Waals surface area contributed by atoms with Gasteiger partial charge in [-0.1, -0.05) is 78.9 Å². The minimum atomic E-state index is -0.365. The second-order valence-electron chi connectivity index (χ2n) is 7.31. The van der Waals surface area contributed by atoms with Crippen molar-refractivity contribution < 1.29 is 9.53 Å². The fraction of sp³-hybridized carbons (Fsp3) is 0.111. The van der Waals surface area contributed by atoms with Crippen LogP contribution < -0.4 is 10.6 Å². The van der Waals surface area contributed by atoms with Crippen molar-refractivity contribution in [1.29, 1.82) is 0 Å². The van der Waals surface area contributed by atoms with E-state index in [4.69, 9.17) is 17.0 Å². The van der Waals surface area contributed by atoms with E-state index in [-0.39, 0.29) is 5.97 Å². The van der Waals surface area contributed by atoms with Crippen LogP contribution in [0, 0.1) is 6.92 Å². The maximum Gasteiger partial charge on any atom is 0.341 e. The maximum absolute atomic E-state index is 12.9. The molecule has 0 aliphatic heterocycles. The number of rotatable bonds is 6. The zero-order valence-corrected chi connectivity index (χ0v) is 20.1. The SMILES string of the molecule is CCOC(=O)c1c(NC(=S)Nc2ccccc2-c2ccccc2)sc(C)c1-c1ccccc1. The highest BCUT2D eigenvalue weighted by atomic mass is 32.1. The molecule has 0 fully saturated rings. The Kier molecular flexibility index (Phi) is 7.17. The van der Waals surface area contributed by atoms with Gasteiger partial charge < -0.3 is 15.4 Å². The van der Waals surface area contributed by atoms with Crippen molar-refractivity contribution in [1.82, 2.24) is 0 Å². The standard InChI is InChI=1S/C27H24N2O2S2/c1-3-31-26(30)24-23(20-14-8-5-9-15-20)18(2)33-25(24)29-27(32)28-22-17-11-10-16-21(22)19-12-6-4-7-13-19/h4-17H,3H2,1-2H3,(H2,28,29,32). The molecule has 0 aliphatic rings. The summed E-state index contributed by atoms with van der Waals surface area (Å²) in [4.78, 5) is 13.9. The number of carbonyl (C=O) groups is 1. The molecule has 6 heteroatoms. The summed E-state index contributed by atoms with van der Waals surface area (Å²) in [6, 6.07) is 28.0. The lowest BCUT2D eigenvalue weighted by Crippen LogP contribution is -2.20. The molecule has 0 amide bonds. The van der Waals surface area contributed by atoms with Crippen LogP contribution >= 0.6 is 23.6 Å². The van der Waals surface area contributed by atoms with Crippen LogP contribution in [0.5, 0.6) is 0 Å². The number of para-hydroxylation sites is 1. The molecule has 4 aromatic rings. The molecule has 2 N–H and O–H groups in total. The number of benzene rings is 3. The molecular weight excluding hydrogens is 448 g/mol. The van der Waals surface area contributed by atoms with E-state index < -0.39 is 0 Å². The molecule has 3 aromatic carbocycles. The molecule has 0 saturated carbocycles. The predicted octanol–water partition coefficient (Wildman–Crippen LogP) is 7.38. The minimum Gasteiger partial charge on any atom is -0.462 e. The topological polar surface area (TPSA) is 50.4 Å². The van der Waals surface area contributed by atoms with Gasteiger partial charge in [0.05, 0.1) is 6.61 Å². The lowest BCUT2D eigenvalue weighted by atomic mass is 10.0. The monoisotopic (exact) mass is 472 g/mol. The average molecular weight is 473 g/mol. The zero-order valence-electron chi connectivity index (χ0n) is 18.4. The number of carbonyl (C=O) groups excluding carboxylic acids is 1. The van der Waals surface area contributed by atoms with Gasteiger partial charge in [-0.3, -0.25) is 0 Å². The Labute approximate surface area is 203 Å². The van der Waals surface area contributed by atoms with E-state index in [1.165, 1.54) is 11.3 Å². The van der Waals surface area contributed by atoms with Crippen molar-refractivity contribution in [2.75, 3.05) is 17.2 Å². The van der Waals surface area contributed by atoms with Gasteiger partial charge >= 0.3 is 5.97 Å². The average Bonchev–Trinajstić information content (AvgIpc) is 3.16. The zero-order chi connectivity index (χ0) is 23.2. The smallest absolute Gasteiger partial charge is 0.341 e. The summed E-state index contributed by atoms with van der Waals surface area (Å²) in [5.41, 5.74) is 5.36. The molecule has 0 aliphatic carbocycles. The molecule has 4 nitrogen and oxygen atoms in total. The summed E-state index contributed by atoms with van der Waals surface area (Å²) in [6.45, 7) is 4.11. The number of thiocarbonyl (C=S) groups is 1. The first-order chi connectivity index (χ1) is 16.1. The van der Waals surface area contributed by atoms with Crippen molar-refractivity contribution in [3.63, 3.8) is 0 Å². The Bertz CT molecular complexity index is 1270. The van der Waals surface area contributed by atoms with E-state index in [1.807, 2.05) is 79.7 Å². The van der Waals surface area contributed by atoms with Crippen molar-refractivity contribution in [3.8, 4) is 22.3 Å². The lowest BCUT2D eigenvalue weighted by Gasteiger charge is -2.15. The third-order valence-electron chi connectivity index (χ3n) is 5.11. The fourth-order valence-corrected chi connectivity index (χ4v) is 5.05. The molecule has 0 atom stereocenters. The summed E-state index contributed by atoms with van der Waals surface area (Å²) in [7, 11) is 0. The van der Waals surface area contributed by atoms with E-state index in [9.17, 15) is 4.79 Å². The summed E-state index contributed by atoms with van der Waals surface area (Å²) in [6.07, 6.45) is 0. The number of esters is 1. The molecule has 1 aromatic heterocycles. The highest BCUT2D eigenvalue weighted by molar-refractivity contribution is 7.80. The van der Waals surface area contributed by atoms with Crippen LogP contribution in [-0.4, -0.2) is 17.7 Å². The molecule has 0 unspecified atom stereocenters. The largest absolute Gasteiger partial charge is 0.462 e. The quantitative estimate of drug-likeness (QED) is 0.226. The van der Waals surface area contributed by atoms with Gasteiger partial charge in [0.25, 0.3) is 0 Å². The number of anilines is 2. The summed E-state index contributed by atoms with van der Waals surface area (Å²) >= 11 is 7.13. The second-order valence-corrected chi connectivity index (χ2v) is 8.95. The molecule has 0 spiro atoms. The van der Waals surface area contributed by atoms with E-state index >= 15 is 0 Å². The van der Waals surface area contributed by atoms with E-state index in [2.05, 4.69) is 22.8 Å². The molecule has 0 bridgehead atoms. The molecule has 166 valence electrons. The van der Waals surface area contributed by atoms with Crippen LogP contribution in [0.15, 0.2) is 84.9 Å². The van der Waals surface area contributed by atoms with E-state index in [0.29, 0.717) is 22.3 Å². The third kappa shape index (κ3) is 5.13. The Morgan fingerprint density at radius 1 is 0.879 bits per heavy atom. The van der Waals surface area contributed by atoms with Crippen LogP contribution in [-0.2, 0) is 4.74 Å². The Morgan fingerprint density at radius 2 is 1.48 bits per heavy atom. The van der Waals surface area contributed by atoms with E-state index in [1.54, 1.807) is 6.92 Å². The normalized spacial score (nSPS) is 10.5. The second kappa shape index (κ2) is 10.4. The van der Waals surface area contributed by atoms with Crippen LogP contribution in [0.25, 0.3) is 22.3 Å². The van der Waals surface area contributed by atoms with Crippen molar-refractivity contribution in [3.05, 3.63) is 95.4 Å². The van der Waals surface area contributed by atoms with Crippen molar-refractivity contribution in [2.24, 2.45) is 0 Å². The molecule has 33 heavy (non-hydrogen) atoms. The molecule has 0 radical (unpaired) electrons. The van der Waals surface area contributed by atoms with Crippen molar-refractivity contribution >= 4 is 45.3 Å². The van der Waals surface area contributed by atoms with Gasteiger partial charge in [0.1, 0.15) is 10.6 Å².